The Bertz CT molecular complexity index is 2890. The Balaban J connectivity index is 1.14. The molecule has 0 fully saturated rings. The molecule has 0 N–H and O–H groups in total. The third kappa shape index (κ3) is 5.62. The minimum Gasteiger partial charge on any atom is -0.456 e. The van der Waals surface area contributed by atoms with Crippen molar-refractivity contribution < 1.29 is 4.42 Å². The zero-order valence-corrected chi connectivity index (χ0v) is 29.6. The first kappa shape index (κ1) is 31.6. The van der Waals surface area contributed by atoms with Gasteiger partial charge in [-0.3, -0.25) is 0 Å². The van der Waals surface area contributed by atoms with E-state index in [1.165, 1.54) is 32.7 Å². The minimum absolute atomic E-state index is 0.861. The van der Waals surface area contributed by atoms with Crippen LogP contribution in [0.15, 0.2) is 217 Å². The molecule has 2 nitrogen and oxygen atoms in total. The lowest BCUT2D eigenvalue weighted by Crippen LogP contribution is -2.12. The van der Waals surface area contributed by atoms with Gasteiger partial charge < -0.3 is 9.32 Å². The molecule has 10 aromatic rings. The summed E-state index contributed by atoms with van der Waals surface area (Å²) in [7, 11) is 0. The topological polar surface area (TPSA) is 16.4 Å². The van der Waals surface area contributed by atoms with Crippen LogP contribution in [0, 0.1) is 0 Å². The van der Waals surface area contributed by atoms with Crippen LogP contribution >= 0.6 is 0 Å². The molecule has 0 aliphatic carbocycles. The van der Waals surface area contributed by atoms with Crippen molar-refractivity contribution in [2.75, 3.05) is 4.90 Å². The van der Waals surface area contributed by atoms with Gasteiger partial charge in [0.25, 0.3) is 0 Å². The van der Waals surface area contributed by atoms with Crippen molar-refractivity contribution in [3.8, 4) is 44.7 Å². The van der Waals surface area contributed by atoms with Crippen molar-refractivity contribution in [3.63, 3.8) is 0 Å². The Kier molecular flexibility index (Phi) is 7.85. The van der Waals surface area contributed by atoms with Gasteiger partial charge in [-0.2, -0.15) is 0 Å². The van der Waals surface area contributed by atoms with E-state index in [9.17, 15) is 0 Å². The van der Waals surface area contributed by atoms with Gasteiger partial charge in [-0.05, 0) is 86.4 Å². The first-order chi connectivity index (χ1) is 26.8. The Morgan fingerprint density at radius 3 is 1.67 bits per heavy atom. The van der Waals surface area contributed by atoms with Crippen molar-refractivity contribution >= 4 is 49.6 Å². The Morgan fingerprint density at radius 2 is 0.907 bits per heavy atom. The average molecular weight is 690 g/mol. The largest absolute Gasteiger partial charge is 0.456 e. The summed E-state index contributed by atoms with van der Waals surface area (Å²) in [5.74, 6) is 0.861. The maximum atomic E-state index is 6.46. The highest BCUT2D eigenvalue weighted by Crippen LogP contribution is 2.46. The van der Waals surface area contributed by atoms with Gasteiger partial charge in [0.2, 0.25) is 0 Å². The lowest BCUT2D eigenvalue weighted by molar-refractivity contribution is 0.632. The van der Waals surface area contributed by atoms with Crippen LogP contribution in [0.4, 0.5) is 17.1 Å². The quantitative estimate of drug-likeness (QED) is 0.155. The molecule has 1 aromatic heterocycles. The second-order valence-corrected chi connectivity index (χ2v) is 13.7. The van der Waals surface area contributed by atoms with Gasteiger partial charge in [0, 0.05) is 27.6 Å². The van der Waals surface area contributed by atoms with E-state index in [2.05, 4.69) is 205 Å². The van der Waals surface area contributed by atoms with E-state index < -0.39 is 0 Å². The number of hydrogen-bond donors (Lipinski definition) is 0. The van der Waals surface area contributed by atoms with E-state index in [-0.39, 0.29) is 0 Å². The summed E-state index contributed by atoms with van der Waals surface area (Å²) in [5, 5.41) is 6.00. The Morgan fingerprint density at radius 1 is 0.315 bits per heavy atom. The highest BCUT2D eigenvalue weighted by molar-refractivity contribution is 6.15. The second-order valence-electron chi connectivity index (χ2n) is 13.7. The first-order valence-electron chi connectivity index (χ1n) is 18.4. The lowest BCUT2D eigenvalue weighted by atomic mass is 9.93. The number of fused-ring (bicyclic) bond motifs is 4. The summed E-state index contributed by atoms with van der Waals surface area (Å²) in [4.78, 5) is 2.43. The van der Waals surface area contributed by atoms with Gasteiger partial charge in [-0.1, -0.05) is 170 Å². The molecule has 0 aliphatic heterocycles. The van der Waals surface area contributed by atoms with E-state index >= 15 is 0 Å². The molecule has 0 atom stereocenters. The average Bonchev–Trinajstić information content (AvgIpc) is 3.69. The predicted octanol–water partition coefficient (Wildman–Crippen LogP) is 14.9. The monoisotopic (exact) mass is 689 g/mol. The molecule has 0 radical (unpaired) electrons. The summed E-state index contributed by atoms with van der Waals surface area (Å²) < 4.78 is 6.46. The molecule has 2 heteroatoms. The number of para-hydroxylation sites is 2. The molecule has 9 aromatic carbocycles. The summed E-state index contributed by atoms with van der Waals surface area (Å²) in [6.07, 6.45) is 0. The van der Waals surface area contributed by atoms with E-state index in [0.29, 0.717) is 0 Å². The molecular formula is C52H35NO. The van der Waals surface area contributed by atoms with Crippen molar-refractivity contribution in [1.82, 2.24) is 0 Å². The third-order valence-corrected chi connectivity index (χ3v) is 10.5. The number of rotatable bonds is 7. The molecule has 0 spiro atoms. The molecule has 0 amide bonds. The van der Waals surface area contributed by atoms with Crippen LogP contribution in [0.25, 0.3) is 77.2 Å². The number of furan rings is 1. The van der Waals surface area contributed by atoms with Crippen molar-refractivity contribution in [2.45, 2.75) is 0 Å². The zero-order chi connectivity index (χ0) is 35.8. The number of hydrogen-bond acceptors (Lipinski definition) is 2. The normalized spacial score (nSPS) is 11.3. The van der Waals surface area contributed by atoms with Crippen LogP contribution in [0.1, 0.15) is 0 Å². The molecular weight excluding hydrogens is 655 g/mol. The van der Waals surface area contributed by atoms with Gasteiger partial charge >= 0.3 is 0 Å². The molecule has 10 rings (SSSR count). The van der Waals surface area contributed by atoms with Gasteiger partial charge in [-0.25, -0.2) is 0 Å². The molecule has 1 heterocycles. The zero-order valence-electron chi connectivity index (χ0n) is 29.6. The van der Waals surface area contributed by atoms with Crippen molar-refractivity contribution in [1.29, 1.82) is 0 Å². The molecule has 54 heavy (non-hydrogen) atoms. The van der Waals surface area contributed by atoms with Crippen LogP contribution in [0.5, 0.6) is 0 Å². The van der Waals surface area contributed by atoms with E-state index in [1.54, 1.807) is 0 Å². The summed E-state index contributed by atoms with van der Waals surface area (Å²) in [6.45, 7) is 0. The van der Waals surface area contributed by atoms with E-state index in [0.717, 1.165) is 61.6 Å². The van der Waals surface area contributed by atoms with Crippen molar-refractivity contribution in [3.05, 3.63) is 212 Å². The highest BCUT2D eigenvalue weighted by Gasteiger charge is 2.21. The van der Waals surface area contributed by atoms with Gasteiger partial charge in [-0.15, -0.1) is 0 Å². The van der Waals surface area contributed by atoms with Crippen LogP contribution in [-0.2, 0) is 0 Å². The summed E-state index contributed by atoms with van der Waals surface area (Å²) in [5.41, 5.74) is 12.2. The first-order valence-corrected chi connectivity index (χ1v) is 18.4. The van der Waals surface area contributed by atoms with Gasteiger partial charge in [0.15, 0.2) is 0 Å². The number of benzene rings is 9. The fourth-order valence-electron chi connectivity index (χ4n) is 7.87. The molecule has 0 unspecified atom stereocenters. The fraction of sp³-hybridized carbons (Fsp3) is 0. The van der Waals surface area contributed by atoms with Crippen LogP contribution in [0.2, 0.25) is 0 Å². The van der Waals surface area contributed by atoms with Crippen LogP contribution < -0.4 is 4.90 Å². The predicted molar refractivity (Wildman–Crippen MR) is 228 cm³/mol. The number of nitrogens with zero attached hydrogens (tertiary/aromatic N) is 1. The van der Waals surface area contributed by atoms with Crippen molar-refractivity contribution in [2.24, 2.45) is 0 Å². The second kappa shape index (κ2) is 13.4. The van der Waals surface area contributed by atoms with Crippen LogP contribution in [-0.4, -0.2) is 0 Å². The van der Waals surface area contributed by atoms with E-state index in [1.807, 2.05) is 12.1 Å². The lowest BCUT2D eigenvalue weighted by Gasteiger charge is -2.29. The van der Waals surface area contributed by atoms with Crippen LogP contribution in [0.3, 0.4) is 0 Å². The molecule has 0 saturated heterocycles. The summed E-state index contributed by atoms with van der Waals surface area (Å²) in [6, 6.07) is 75.9. The molecule has 254 valence electrons. The molecule has 0 saturated carbocycles. The molecule has 0 aliphatic rings. The maximum Gasteiger partial charge on any atom is 0.136 e. The van der Waals surface area contributed by atoms with E-state index in [4.69, 9.17) is 4.42 Å². The Hall–Kier alpha value is -7.16. The minimum atomic E-state index is 0.861. The summed E-state index contributed by atoms with van der Waals surface area (Å²) >= 11 is 0. The standard InChI is InChI=1S/C52H35NO/c1-3-15-37(16-4-1)44-32-29-39(33-48(44)52-35-41-20-8-14-26-51(41)54-52)36-27-30-42(31-28-36)53(49-25-13-12-22-45(49)38-17-5-2-6-18-38)50-34-40-19-7-9-21-43(40)46-23-10-11-24-47(46)50/h1-35H. The number of anilines is 3. The molecule has 0 bridgehead atoms. The highest BCUT2D eigenvalue weighted by atomic mass is 16.3. The smallest absolute Gasteiger partial charge is 0.136 e. The van der Waals surface area contributed by atoms with Gasteiger partial charge in [0.1, 0.15) is 11.3 Å². The third-order valence-electron chi connectivity index (χ3n) is 10.5. The maximum absolute atomic E-state index is 6.46. The SMILES string of the molecule is c1ccc(-c2ccc(-c3ccc(N(c4ccccc4-c4ccccc4)c4cc5ccccc5c5ccccc45)cc3)cc2-c2cc3ccccc3o2)cc1. The fourth-order valence-corrected chi connectivity index (χ4v) is 7.87. The van der Waals surface area contributed by atoms with Gasteiger partial charge in [0.05, 0.1) is 11.4 Å². The Labute approximate surface area is 314 Å².